The molecule has 2 N–H and O–H groups in total. The Bertz CT molecular complexity index is 382. The van der Waals surface area contributed by atoms with E-state index in [4.69, 9.17) is 22.7 Å². The lowest BCUT2D eigenvalue weighted by Crippen LogP contribution is -2.49. The number of sulfonamides is 1. The van der Waals surface area contributed by atoms with Crippen LogP contribution < -0.4 is 5.73 Å². The van der Waals surface area contributed by atoms with Crippen LogP contribution in [-0.2, 0) is 14.8 Å². The fourth-order valence-electron chi connectivity index (χ4n) is 2.25. The summed E-state index contributed by atoms with van der Waals surface area (Å²) in [6.07, 6.45) is 2.12. The number of hydrogen-bond acceptors (Lipinski definition) is 4. The predicted octanol–water partition coefficient (Wildman–Crippen LogP) is 0.882. The molecular weight excluding hydrogens is 272 g/mol. The van der Waals surface area contributed by atoms with Crippen molar-refractivity contribution >= 4 is 27.2 Å². The Morgan fingerprint density at radius 1 is 1.56 bits per heavy atom. The van der Waals surface area contributed by atoms with Crippen LogP contribution in [0.15, 0.2) is 0 Å². The lowest BCUT2D eigenvalue weighted by Gasteiger charge is -2.33. The summed E-state index contributed by atoms with van der Waals surface area (Å²) in [5.74, 6) is 0. The Morgan fingerprint density at radius 2 is 2.22 bits per heavy atom. The SMILES string of the molecule is CCOC1CCCN(S(=O)(=O)C(CC)C(N)=S)C1. The van der Waals surface area contributed by atoms with Gasteiger partial charge in [-0.2, -0.15) is 4.31 Å². The van der Waals surface area contributed by atoms with E-state index in [-0.39, 0.29) is 11.1 Å². The van der Waals surface area contributed by atoms with Gasteiger partial charge in [0.25, 0.3) is 0 Å². The van der Waals surface area contributed by atoms with Crippen molar-refractivity contribution in [3.8, 4) is 0 Å². The minimum absolute atomic E-state index is 0.0117. The number of hydrogen-bond donors (Lipinski definition) is 1. The van der Waals surface area contributed by atoms with Crippen LogP contribution in [0, 0.1) is 0 Å². The molecule has 106 valence electrons. The van der Waals surface area contributed by atoms with E-state index < -0.39 is 15.3 Å². The molecule has 1 aliphatic rings. The summed E-state index contributed by atoms with van der Waals surface area (Å²) in [6.45, 7) is 5.24. The monoisotopic (exact) mass is 294 g/mol. The Morgan fingerprint density at radius 3 is 2.72 bits per heavy atom. The minimum atomic E-state index is -3.44. The summed E-state index contributed by atoms with van der Waals surface area (Å²) in [5.41, 5.74) is 5.53. The Hall–Kier alpha value is -0.240. The molecule has 0 bridgehead atoms. The van der Waals surface area contributed by atoms with Crippen LogP contribution in [-0.4, -0.2) is 48.8 Å². The number of rotatable bonds is 6. The van der Waals surface area contributed by atoms with Crippen molar-refractivity contribution in [3.63, 3.8) is 0 Å². The molecule has 2 atom stereocenters. The van der Waals surface area contributed by atoms with Crippen molar-refractivity contribution < 1.29 is 13.2 Å². The highest BCUT2D eigenvalue weighted by Crippen LogP contribution is 2.20. The first-order chi connectivity index (χ1) is 8.43. The van der Waals surface area contributed by atoms with Crippen LogP contribution in [0.25, 0.3) is 0 Å². The van der Waals surface area contributed by atoms with E-state index in [9.17, 15) is 8.42 Å². The molecule has 0 aromatic rings. The van der Waals surface area contributed by atoms with Gasteiger partial charge in [0.1, 0.15) is 5.25 Å². The van der Waals surface area contributed by atoms with E-state index in [0.29, 0.717) is 26.1 Å². The molecule has 0 amide bonds. The quantitative estimate of drug-likeness (QED) is 0.736. The molecule has 7 heteroatoms. The predicted molar refractivity (Wildman–Crippen MR) is 76.0 cm³/mol. The summed E-state index contributed by atoms with van der Waals surface area (Å²) < 4.78 is 31.8. The van der Waals surface area contributed by atoms with Crippen molar-refractivity contribution in [2.24, 2.45) is 5.73 Å². The van der Waals surface area contributed by atoms with E-state index in [0.717, 1.165) is 12.8 Å². The molecule has 0 spiro atoms. The molecule has 0 aromatic carbocycles. The van der Waals surface area contributed by atoms with Crippen LogP contribution in [0.3, 0.4) is 0 Å². The Balaban J connectivity index is 2.81. The first-order valence-corrected chi connectivity index (χ1v) is 8.24. The standard InChI is InChI=1S/C11H22N2O3S2/c1-3-10(11(12)17)18(14,15)13-7-5-6-9(8-13)16-4-2/h9-10H,3-8H2,1-2H3,(H2,12,17). The van der Waals surface area contributed by atoms with Crippen molar-refractivity contribution in [2.45, 2.75) is 44.5 Å². The van der Waals surface area contributed by atoms with Crippen LogP contribution in [0.4, 0.5) is 0 Å². The van der Waals surface area contributed by atoms with Crippen molar-refractivity contribution in [1.82, 2.24) is 4.31 Å². The third-order valence-corrected chi connectivity index (χ3v) is 5.94. The number of thiocarbonyl (C=S) groups is 1. The fourth-order valence-corrected chi connectivity index (χ4v) is 4.61. The topological polar surface area (TPSA) is 72.6 Å². The molecule has 1 rings (SSSR count). The second kappa shape index (κ2) is 6.79. The molecule has 18 heavy (non-hydrogen) atoms. The van der Waals surface area contributed by atoms with Gasteiger partial charge in [0.15, 0.2) is 0 Å². The maximum Gasteiger partial charge on any atom is 0.223 e. The zero-order valence-electron chi connectivity index (χ0n) is 11.0. The van der Waals surface area contributed by atoms with E-state index in [1.807, 2.05) is 6.92 Å². The third-order valence-electron chi connectivity index (χ3n) is 3.15. The van der Waals surface area contributed by atoms with Crippen LogP contribution in [0.2, 0.25) is 0 Å². The largest absolute Gasteiger partial charge is 0.392 e. The highest BCUT2D eigenvalue weighted by Gasteiger charge is 2.35. The molecule has 0 aliphatic carbocycles. The molecule has 1 fully saturated rings. The van der Waals surface area contributed by atoms with Gasteiger partial charge in [0.2, 0.25) is 10.0 Å². The lowest BCUT2D eigenvalue weighted by atomic mass is 10.1. The van der Waals surface area contributed by atoms with E-state index >= 15 is 0 Å². The van der Waals surface area contributed by atoms with Crippen LogP contribution >= 0.6 is 12.2 Å². The summed E-state index contributed by atoms with van der Waals surface area (Å²) in [6, 6.07) is 0. The van der Waals surface area contributed by atoms with E-state index in [1.165, 1.54) is 4.31 Å². The van der Waals surface area contributed by atoms with Gasteiger partial charge in [-0.1, -0.05) is 19.1 Å². The molecule has 0 aromatic heterocycles. The number of ether oxygens (including phenoxy) is 1. The molecule has 1 aliphatic heterocycles. The molecule has 1 heterocycles. The first kappa shape index (κ1) is 15.8. The maximum atomic E-state index is 12.4. The molecule has 1 saturated heterocycles. The highest BCUT2D eigenvalue weighted by molar-refractivity contribution is 7.92. The first-order valence-electron chi connectivity index (χ1n) is 6.33. The second-order valence-electron chi connectivity index (χ2n) is 4.42. The fraction of sp³-hybridized carbons (Fsp3) is 0.909. The summed E-state index contributed by atoms with van der Waals surface area (Å²) in [4.78, 5) is 0.0519. The van der Waals surface area contributed by atoms with Crippen LogP contribution in [0.5, 0.6) is 0 Å². The Kier molecular flexibility index (Phi) is 5.97. The van der Waals surface area contributed by atoms with E-state index in [2.05, 4.69) is 0 Å². The molecule has 0 saturated carbocycles. The average molecular weight is 294 g/mol. The van der Waals surface area contributed by atoms with E-state index in [1.54, 1.807) is 6.92 Å². The maximum absolute atomic E-state index is 12.4. The zero-order chi connectivity index (χ0) is 13.8. The van der Waals surface area contributed by atoms with Gasteiger partial charge < -0.3 is 10.5 Å². The van der Waals surface area contributed by atoms with Crippen molar-refractivity contribution in [3.05, 3.63) is 0 Å². The van der Waals surface area contributed by atoms with Gasteiger partial charge >= 0.3 is 0 Å². The van der Waals surface area contributed by atoms with Gasteiger partial charge in [-0.15, -0.1) is 0 Å². The van der Waals surface area contributed by atoms with Gasteiger partial charge in [-0.3, -0.25) is 0 Å². The molecular formula is C11H22N2O3S2. The summed E-state index contributed by atoms with van der Waals surface area (Å²) in [7, 11) is -3.44. The van der Waals surface area contributed by atoms with Gasteiger partial charge in [0.05, 0.1) is 11.1 Å². The smallest absolute Gasteiger partial charge is 0.223 e. The normalized spacial score (nSPS) is 23.8. The average Bonchev–Trinajstić information content (AvgIpc) is 2.29. The van der Waals surface area contributed by atoms with Crippen LogP contribution in [0.1, 0.15) is 33.1 Å². The third kappa shape index (κ3) is 3.63. The highest BCUT2D eigenvalue weighted by atomic mass is 32.2. The zero-order valence-corrected chi connectivity index (χ0v) is 12.6. The van der Waals surface area contributed by atoms with Gasteiger partial charge in [0, 0.05) is 19.7 Å². The Labute approximate surface area is 115 Å². The summed E-state index contributed by atoms with van der Waals surface area (Å²) >= 11 is 4.85. The molecule has 0 radical (unpaired) electrons. The minimum Gasteiger partial charge on any atom is -0.392 e. The number of piperidine rings is 1. The summed E-state index contributed by atoms with van der Waals surface area (Å²) in [5, 5.41) is -0.757. The molecule has 2 unspecified atom stereocenters. The van der Waals surface area contributed by atoms with Gasteiger partial charge in [-0.05, 0) is 26.2 Å². The van der Waals surface area contributed by atoms with Crippen molar-refractivity contribution in [2.75, 3.05) is 19.7 Å². The van der Waals surface area contributed by atoms with Gasteiger partial charge in [-0.25, -0.2) is 8.42 Å². The number of nitrogens with two attached hydrogens (primary N) is 1. The molecule has 5 nitrogen and oxygen atoms in total. The second-order valence-corrected chi connectivity index (χ2v) is 7.01. The number of nitrogens with zero attached hydrogens (tertiary/aromatic N) is 1. The lowest BCUT2D eigenvalue weighted by molar-refractivity contribution is 0.0264. The van der Waals surface area contributed by atoms with Crippen molar-refractivity contribution in [1.29, 1.82) is 0 Å².